The van der Waals surface area contributed by atoms with Crippen LogP contribution in [0, 0.1) is 0 Å². The van der Waals surface area contributed by atoms with E-state index in [9.17, 15) is 9.59 Å². The molecule has 0 bridgehead atoms. The first kappa shape index (κ1) is 17.4. The summed E-state index contributed by atoms with van der Waals surface area (Å²) in [4.78, 5) is 31.1. The summed E-state index contributed by atoms with van der Waals surface area (Å²) in [6.07, 6.45) is 0. The number of aromatic nitrogens is 2. The van der Waals surface area contributed by atoms with Gasteiger partial charge in [0.25, 0.3) is 5.56 Å². The molecular weight excluding hydrogens is 388 g/mol. The van der Waals surface area contributed by atoms with Gasteiger partial charge in [-0.15, -0.1) is 0 Å². The molecule has 0 spiro atoms. The van der Waals surface area contributed by atoms with Crippen LogP contribution in [0.3, 0.4) is 0 Å². The third-order valence-electron chi connectivity index (χ3n) is 4.73. The minimum absolute atomic E-state index is 0.0100. The molecule has 0 aliphatic rings. The zero-order chi connectivity index (χ0) is 20.0. The number of nitrogens with zero attached hydrogens (tertiary/aromatic N) is 2. The highest BCUT2D eigenvalue weighted by molar-refractivity contribution is 6.30. The van der Waals surface area contributed by atoms with Crippen LogP contribution in [-0.4, -0.2) is 9.55 Å². The van der Waals surface area contributed by atoms with E-state index in [2.05, 4.69) is 4.98 Å². The maximum atomic E-state index is 13.5. The van der Waals surface area contributed by atoms with Gasteiger partial charge >= 0.3 is 0 Å². The minimum atomic E-state index is -0.481. The van der Waals surface area contributed by atoms with Gasteiger partial charge in [-0.3, -0.25) is 14.2 Å². The zero-order valence-corrected chi connectivity index (χ0v) is 15.8. The molecule has 0 radical (unpaired) electrons. The van der Waals surface area contributed by atoms with Crippen molar-refractivity contribution in [1.29, 1.82) is 0 Å². The van der Waals surface area contributed by atoms with E-state index in [1.54, 1.807) is 60.7 Å². The summed E-state index contributed by atoms with van der Waals surface area (Å²) in [7, 11) is 0. The van der Waals surface area contributed by atoms with Gasteiger partial charge in [0.1, 0.15) is 5.58 Å². The van der Waals surface area contributed by atoms with Gasteiger partial charge in [-0.05, 0) is 48.5 Å². The van der Waals surface area contributed by atoms with Gasteiger partial charge in [0, 0.05) is 10.6 Å². The van der Waals surface area contributed by atoms with E-state index < -0.39 is 11.0 Å². The number of rotatable bonds is 2. The van der Waals surface area contributed by atoms with Gasteiger partial charge in [0.15, 0.2) is 11.2 Å². The van der Waals surface area contributed by atoms with E-state index in [-0.39, 0.29) is 11.1 Å². The highest BCUT2D eigenvalue weighted by Gasteiger charge is 2.19. The van der Waals surface area contributed by atoms with Crippen LogP contribution in [0.2, 0.25) is 5.02 Å². The number of hydrogen-bond acceptors (Lipinski definition) is 4. The normalized spacial score (nSPS) is 11.2. The maximum Gasteiger partial charge on any atom is 0.273 e. The van der Waals surface area contributed by atoms with Crippen LogP contribution in [0.1, 0.15) is 0 Å². The number of hydrogen-bond donors (Lipinski definition) is 0. The largest absolute Gasteiger partial charge is 0.437 e. The first-order valence-electron chi connectivity index (χ1n) is 8.93. The van der Waals surface area contributed by atoms with Crippen LogP contribution in [-0.2, 0) is 0 Å². The fourth-order valence-electron chi connectivity index (χ4n) is 3.36. The third-order valence-corrected chi connectivity index (χ3v) is 4.98. The lowest BCUT2D eigenvalue weighted by atomic mass is 10.1. The summed E-state index contributed by atoms with van der Waals surface area (Å²) < 4.78 is 7.26. The standard InChI is InChI=1S/C23H13ClN2O3/c24-15-12-10-14(11-13-15)21-25-22-19(20(27)17-8-4-5-9-18(17)29-22)23(28)26(21)16-6-2-1-3-7-16/h1-13H. The molecule has 5 aromatic rings. The average Bonchev–Trinajstić information content (AvgIpc) is 2.75. The van der Waals surface area contributed by atoms with Crippen LogP contribution < -0.4 is 11.0 Å². The predicted octanol–water partition coefficient (Wildman–Crippen LogP) is 4.81. The molecule has 2 aromatic heterocycles. The molecule has 5 rings (SSSR count). The highest BCUT2D eigenvalue weighted by Crippen LogP contribution is 2.24. The fraction of sp³-hybridized carbons (Fsp3) is 0. The van der Waals surface area contributed by atoms with Gasteiger partial charge in [0.05, 0.1) is 11.1 Å². The van der Waals surface area contributed by atoms with Crippen LogP contribution in [0.4, 0.5) is 0 Å². The summed E-state index contributed by atoms with van der Waals surface area (Å²) in [5.41, 5.74) is 0.794. The van der Waals surface area contributed by atoms with Crippen LogP contribution in [0.15, 0.2) is 92.9 Å². The van der Waals surface area contributed by atoms with Crippen molar-refractivity contribution in [2.75, 3.05) is 0 Å². The Labute approximate surface area is 169 Å². The number of fused-ring (bicyclic) bond motifs is 2. The average molecular weight is 401 g/mol. The van der Waals surface area contributed by atoms with E-state index in [0.29, 0.717) is 33.1 Å². The molecule has 0 amide bonds. The van der Waals surface area contributed by atoms with Crippen LogP contribution in [0.25, 0.3) is 39.1 Å². The van der Waals surface area contributed by atoms with Crippen molar-refractivity contribution in [3.05, 3.63) is 104 Å². The quantitative estimate of drug-likeness (QED) is 0.399. The summed E-state index contributed by atoms with van der Waals surface area (Å²) in [5.74, 6) is 0.365. The van der Waals surface area contributed by atoms with E-state index in [1.807, 2.05) is 18.2 Å². The summed E-state index contributed by atoms with van der Waals surface area (Å²) in [6, 6.07) is 22.9. The summed E-state index contributed by atoms with van der Waals surface area (Å²) >= 11 is 6.02. The third kappa shape index (κ3) is 2.83. The topological polar surface area (TPSA) is 65.1 Å². The van der Waals surface area contributed by atoms with Gasteiger partial charge in [-0.2, -0.15) is 4.98 Å². The molecule has 0 atom stereocenters. The Hall–Kier alpha value is -3.70. The van der Waals surface area contributed by atoms with Crippen molar-refractivity contribution in [3.63, 3.8) is 0 Å². The van der Waals surface area contributed by atoms with Crippen molar-refractivity contribution >= 4 is 33.7 Å². The molecule has 29 heavy (non-hydrogen) atoms. The zero-order valence-electron chi connectivity index (χ0n) is 15.0. The van der Waals surface area contributed by atoms with E-state index in [0.717, 1.165) is 0 Å². The molecule has 0 aliphatic heterocycles. The van der Waals surface area contributed by atoms with Gasteiger partial charge in [-0.1, -0.05) is 41.9 Å². The van der Waals surface area contributed by atoms with Gasteiger partial charge in [0.2, 0.25) is 11.1 Å². The smallest absolute Gasteiger partial charge is 0.273 e. The Morgan fingerprint density at radius 3 is 2.28 bits per heavy atom. The summed E-state index contributed by atoms with van der Waals surface area (Å²) in [5, 5.41) is 0.837. The Morgan fingerprint density at radius 1 is 0.828 bits per heavy atom. The number of para-hydroxylation sites is 2. The van der Waals surface area contributed by atoms with Crippen molar-refractivity contribution in [1.82, 2.24) is 9.55 Å². The monoisotopic (exact) mass is 400 g/mol. The fourth-order valence-corrected chi connectivity index (χ4v) is 3.49. The molecule has 0 aliphatic carbocycles. The summed E-state index contributed by atoms with van der Waals surface area (Å²) in [6.45, 7) is 0. The second-order valence-electron chi connectivity index (χ2n) is 6.53. The van der Waals surface area contributed by atoms with Crippen molar-refractivity contribution in [2.24, 2.45) is 0 Å². The SMILES string of the molecule is O=c1c2ccccc2oc2nc(-c3ccc(Cl)cc3)n(-c3ccccc3)c(=O)c12. The van der Waals surface area contributed by atoms with E-state index in [4.69, 9.17) is 16.0 Å². The molecule has 0 N–H and O–H groups in total. The van der Waals surface area contributed by atoms with Crippen molar-refractivity contribution in [2.45, 2.75) is 0 Å². The first-order valence-corrected chi connectivity index (χ1v) is 9.31. The molecule has 3 aromatic carbocycles. The first-order chi connectivity index (χ1) is 14.1. The van der Waals surface area contributed by atoms with Crippen molar-refractivity contribution in [3.8, 4) is 17.1 Å². The van der Waals surface area contributed by atoms with Crippen molar-refractivity contribution < 1.29 is 4.42 Å². The molecule has 0 fully saturated rings. The molecule has 5 nitrogen and oxygen atoms in total. The molecule has 0 saturated carbocycles. The lowest BCUT2D eigenvalue weighted by molar-refractivity contribution is 0.641. The Balaban J connectivity index is 1.97. The lowest BCUT2D eigenvalue weighted by Gasteiger charge is -2.13. The van der Waals surface area contributed by atoms with Crippen LogP contribution in [0.5, 0.6) is 0 Å². The number of halogens is 1. The Bertz CT molecular complexity index is 1490. The Kier molecular flexibility index (Phi) is 4.03. The Morgan fingerprint density at radius 2 is 1.52 bits per heavy atom. The molecule has 140 valence electrons. The van der Waals surface area contributed by atoms with Crippen LogP contribution >= 0.6 is 11.6 Å². The molecular formula is C23H13ClN2O3. The minimum Gasteiger partial charge on any atom is -0.437 e. The maximum absolute atomic E-state index is 13.5. The molecule has 6 heteroatoms. The van der Waals surface area contributed by atoms with E-state index >= 15 is 0 Å². The molecule has 2 heterocycles. The second-order valence-corrected chi connectivity index (χ2v) is 6.96. The lowest BCUT2D eigenvalue weighted by Crippen LogP contribution is -2.26. The highest BCUT2D eigenvalue weighted by atomic mass is 35.5. The van der Waals surface area contributed by atoms with Gasteiger partial charge < -0.3 is 4.42 Å². The predicted molar refractivity (Wildman–Crippen MR) is 114 cm³/mol. The molecule has 0 saturated heterocycles. The van der Waals surface area contributed by atoms with Gasteiger partial charge in [-0.25, -0.2) is 0 Å². The van der Waals surface area contributed by atoms with E-state index in [1.165, 1.54) is 4.57 Å². The second kappa shape index (κ2) is 6.72. The molecule has 0 unspecified atom stereocenters. The number of benzene rings is 3.